The van der Waals surface area contributed by atoms with Crippen LogP contribution in [0, 0.1) is 28.6 Å². The Kier molecular flexibility index (Phi) is 6.16. The molecule has 1 heterocycles. The van der Waals surface area contributed by atoms with E-state index in [0.29, 0.717) is 19.5 Å². The third-order valence-corrected chi connectivity index (χ3v) is 4.16. The zero-order chi connectivity index (χ0) is 16.0. The lowest BCUT2D eigenvalue weighted by Gasteiger charge is -2.34. The highest BCUT2D eigenvalue weighted by Crippen LogP contribution is 2.26. The van der Waals surface area contributed by atoms with Gasteiger partial charge in [0.1, 0.15) is 0 Å². The maximum Gasteiger partial charge on any atom is 0.308 e. The van der Waals surface area contributed by atoms with E-state index in [-0.39, 0.29) is 5.41 Å². The lowest BCUT2D eigenvalue weighted by atomic mass is 9.85. The number of carboxylic acid groups (broad SMARTS) is 2. The number of nitriles is 1. The van der Waals surface area contributed by atoms with Gasteiger partial charge in [-0.25, -0.2) is 0 Å². The number of unbranched alkanes of at least 4 members (excludes halogenated alkanes) is 1. The van der Waals surface area contributed by atoms with Gasteiger partial charge in [0.25, 0.3) is 0 Å². The zero-order valence-corrected chi connectivity index (χ0v) is 12.7. The number of hydrogen-bond acceptors (Lipinski definition) is 4. The molecule has 6 heteroatoms. The number of aliphatic carboxylic acids is 2. The Balaban J connectivity index is 2.40. The van der Waals surface area contributed by atoms with Crippen molar-refractivity contribution in [3.8, 4) is 6.07 Å². The molecule has 1 aliphatic heterocycles. The summed E-state index contributed by atoms with van der Waals surface area (Å²) in [6.45, 7) is 5.51. The summed E-state index contributed by atoms with van der Waals surface area (Å²) in [4.78, 5) is 24.3. The van der Waals surface area contributed by atoms with Crippen LogP contribution in [0.3, 0.4) is 0 Å². The number of hydrogen-bond donors (Lipinski definition) is 2. The molecule has 0 aromatic rings. The number of likely N-dealkylation sites (tertiary alicyclic amines) is 1. The third kappa shape index (κ3) is 5.35. The van der Waals surface area contributed by atoms with Crippen LogP contribution >= 0.6 is 0 Å². The van der Waals surface area contributed by atoms with Gasteiger partial charge in [-0.15, -0.1) is 0 Å². The minimum atomic E-state index is -1.03. The summed E-state index contributed by atoms with van der Waals surface area (Å²) in [5.41, 5.74) is -0.320. The van der Waals surface area contributed by atoms with Crippen molar-refractivity contribution in [3.05, 3.63) is 0 Å². The minimum absolute atomic E-state index is 0.300. The number of piperidine rings is 1. The monoisotopic (exact) mass is 296 g/mol. The minimum Gasteiger partial charge on any atom is -0.481 e. The smallest absolute Gasteiger partial charge is 0.308 e. The molecule has 6 nitrogen and oxygen atoms in total. The highest BCUT2D eigenvalue weighted by atomic mass is 16.4. The molecule has 2 N–H and O–H groups in total. The van der Waals surface area contributed by atoms with Crippen LogP contribution in [0.1, 0.15) is 39.5 Å². The average Bonchev–Trinajstić information content (AvgIpc) is 2.43. The van der Waals surface area contributed by atoms with Crippen LogP contribution in [0.25, 0.3) is 0 Å². The molecule has 0 spiro atoms. The van der Waals surface area contributed by atoms with Crippen molar-refractivity contribution >= 4 is 11.9 Å². The molecule has 1 saturated heterocycles. The topological polar surface area (TPSA) is 102 Å². The van der Waals surface area contributed by atoms with Crippen LogP contribution < -0.4 is 0 Å². The molecule has 0 amide bonds. The molecule has 0 saturated carbocycles. The highest BCUT2D eigenvalue weighted by molar-refractivity contribution is 5.80. The van der Waals surface area contributed by atoms with E-state index in [2.05, 4.69) is 6.07 Å². The summed E-state index contributed by atoms with van der Waals surface area (Å²) in [6, 6.07) is 2.26. The molecular formula is C15H24N2O4. The Morgan fingerprint density at radius 2 is 1.86 bits per heavy atom. The molecule has 1 rings (SSSR count). The summed E-state index contributed by atoms with van der Waals surface area (Å²) < 4.78 is 0. The Morgan fingerprint density at radius 1 is 1.24 bits per heavy atom. The molecule has 0 aliphatic carbocycles. The summed E-state index contributed by atoms with van der Waals surface area (Å²) in [6.07, 6.45) is 3.01. The lowest BCUT2D eigenvalue weighted by molar-refractivity contribution is -0.157. The first-order valence-electron chi connectivity index (χ1n) is 7.36. The predicted molar refractivity (Wildman–Crippen MR) is 76.6 cm³/mol. The third-order valence-electron chi connectivity index (χ3n) is 4.16. The Hall–Kier alpha value is -1.61. The first kappa shape index (κ1) is 17.4. The van der Waals surface area contributed by atoms with Gasteiger partial charge < -0.3 is 15.1 Å². The fraction of sp³-hybridized carbons (Fsp3) is 0.800. The molecule has 0 radical (unpaired) electrons. The molecule has 2 unspecified atom stereocenters. The van der Waals surface area contributed by atoms with E-state index < -0.39 is 23.8 Å². The Labute approximate surface area is 125 Å². The summed E-state index contributed by atoms with van der Waals surface area (Å²) in [5.74, 6) is -3.65. The summed E-state index contributed by atoms with van der Waals surface area (Å²) in [7, 11) is 0. The van der Waals surface area contributed by atoms with E-state index in [0.717, 1.165) is 25.8 Å². The first-order valence-corrected chi connectivity index (χ1v) is 7.36. The van der Waals surface area contributed by atoms with Crippen molar-refractivity contribution in [1.29, 1.82) is 5.26 Å². The van der Waals surface area contributed by atoms with Gasteiger partial charge in [0.15, 0.2) is 0 Å². The average molecular weight is 296 g/mol. The maximum absolute atomic E-state index is 11.2. The Morgan fingerprint density at radius 3 is 2.38 bits per heavy atom. The van der Waals surface area contributed by atoms with Gasteiger partial charge in [-0.2, -0.15) is 5.26 Å². The maximum atomic E-state index is 11.2. The van der Waals surface area contributed by atoms with E-state index in [4.69, 9.17) is 15.5 Å². The van der Waals surface area contributed by atoms with Gasteiger partial charge >= 0.3 is 11.9 Å². The van der Waals surface area contributed by atoms with Gasteiger partial charge in [-0.05, 0) is 46.2 Å². The molecule has 0 aromatic carbocycles. The number of carbonyl (C=O) groups is 2. The molecule has 2 atom stereocenters. The number of rotatable bonds is 7. The fourth-order valence-corrected chi connectivity index (χ4v) is 2.73. The van der Waals surface area contributed by atoms with Crippen LogP contribution in [0.2, 0.25) is 0 Å². The molecule has 0 bridgehead atoms. The molecule has 21 heavy (non-hydrogen) atoms. The van der Waals surface area contributed by atoms with Gasteiger partial charge in [-0.3, -0.25) is 9.59 Å². The van der Waals surface area contributed by atoms with Crippen molar-refractivity contribution in [3.63, 3.8) is 0 Å². The second kappa shape index (κ2) is 7.41. The second-order valence-electron chi connectivity index (χ2n) is 6.43. The van der Waals surface area contributed by atoms with Crippen molar-refractivity contribution in [1.82, 2.24) is 4.90 Å². The summed E-state index contributed by atoms with van der Waals surface area (Å²) in [5, 5.41) is 27.2. The number of carboxylic acids is 2. The standard InChI is InChI=1S/C15H24N2O4/c1-15(2,10-16)6-3-4-7-17-8-5-11(13(18)19)12(9-17)14(20)21/h11-12H,3-9H2,1-2H3,(H,18,19)(H,20,21). The van der Waals surface area contributed by atoms with Crippen molar-refractivity contribution in [2.75, 3.05) is 19.6 Å². The van der Waals surface area contributed by atoms with E-state index >= 15 is 0 Å². The van der Waals surface area contributed by atoms with E-state index in [1.165, 1.54) is 0 Å². The van der Waals surface area contributed by atoms with Gasteiger partial charge in [0.2, 0.25) is 0 Å². The molecular weight excluding hydrogens is 272 g/mol. The van der Waals surface area contributed by atoms with Gasteiger partial charge in [0.05, 0.1) is 23.3 Å². The molecule has 1 aliphatic rings. The van der Waals surface area contributed by atoms with E-state index in [1.807, 2.05) is 18.7 Å². The van der Waals surface area contributed by atoms with Gasteiger partial charge in [0, 0.05) is 6.54 Å². The van der Waals surface area contributed by atoms with Crippen LogP contribution in [0.15, 0.2) is 0 Å². The van der Waals surface area contributed by atoms with E-state index in [9.17, 15) is 9.59 Å². The molecule has 0 aromatic heterocycles. The van der Waals surface area contributed by atoms with Crippen LogP contribution in [0.5, 0.6) is 0 Å². The van der Waals surface area contributed by atoms with Gasteiger partial charge in [-0.1, -0.05) is 6.42 Å². The molecule has 118 valence electrons. The Bertz CT molecular complexity index is 428. The second-order valence-corrected chi connectivity index (χ2v) is 6.43. The summed E-state index contributed by atoms with van der Waals surface area (Å²) >= 11 is 0. The SMILES string of the molecule is CC(C)(C#N)CCCCN1CCC(C(=O)O)C(C(=O)O)C1. The van der Waals surface area contributed by atoms with Crippen molar-refractivity contribution in [2.24, 2.45) is 17.3 Å². The molecule has 1 fully saturated rings. The predicted octanol–water partition coefficient (Wildman–Crippen LogP) is 1.81. The first-order chi connectivity index (χ1) is 9.76. The van der Waals surface area contributed by atoms with Crippen LogP contribution in [0.4, 0.5) is 0 Å². The number of nitrogens with zero attached hydrogens (tertiary/aromatic N) is 2. The van der Waals surface area contributed by atoms with Crippen molar-refractivity contribution in [2.45, 2.75) is 39.5 Å². The van der Waals surface area contributed by atoms with Crippen molar-refractivity contribution < 1.29 is 19.8 Å². The largest absolute Gasteiger partial charge is 0.481 e. The lowest BCUT2D eigenvalue weighted by Crippen LogP contribution is -2.46. The van der Waals surface area contributed by atoms with Crippen LogP contribution in [-0.2, 0) is 9.59 Å². The quantitative estimate of drug-likeness (QED) is 0.695. The zero-order valence-electron chi connectivity index (χ0n) is 12.7. The normalized spacial score (nSPS) is 23.5. The van der Waals surface area contributed by atoms with E-state index in [1.54, 1.807) is 0 Å². The van der Waals surface area contributed by atoms with Crippen LogP contribution in [-0.4, -0.2) is 46.7 Å². The fourth-order valence-electron chi connectivity index (χ4n) is 2.73. The highest BCUT2D eigenvalue weighted by Gasteiger charge is 2.38.